The van der Waals surface area contributed by atoms with Crippen molar-refractivity contribution < 1.29 is 28.8 Å². The van der Waals surface area contributed by atoms with Gasteiger partial charge in [-0.1, -0.05) is 35.8 Å². The van der Waals surface area contributed by atoms with E-state index < -0.39 is 17.4 Å². The van der Waals surface area contributed by atoms with Crippen molar-refractivity contribution in [1.82, 2.24) is 15.1 Å². The summed E-state index contributed by atoms with van der Waals surface area (Å²) in [5, 5.41) is 21.2. The number of amides is 1. The maximum Gasteiger partial charge on any atom is 0.272 e. The van der Waals surface area contributed by atoms with Crippen molar-refractivity contribution in [3.05, 3.63) is 53.7 Å². The van der Waals surface area contributed by atoms with Crippen molar-refractivity contribution in [2.24, 2.45) is 23.7 Å². The number of alkyl halides is 1. The molecule has 1 aromatic heterocycles. The Bertz CT molecular complexity index is 1600. The molecular weight excluding hydrogens is 686 g/mol. The van der Waals surface area contributed by atoms with Gasteiger partial charge < -0.3 is 29.4 Å². The third-order valence-corrected chi connectivity index (χ3v) is 11.3. The Kier molecular flexibility index (Phi) is 10.4. The number of methoxy groups -OCH3 is 2. The number of nitrogens with zero attached hydrogens (tertiary/aromatic N) is 2. The Hall–Kier alpha value is -3.08. The van der Waals surface area contributed by atoms with Crippen LogP contribution in [-0.4, -0.2) is 64.4 Å². The molecule has 0 aliphatic heterocycles. The number of aliphatic hydroxyl groups is 1. The lowest BCUT2D eigenvalue weighted by atomic mass is 9.48. The molecule has 1 heterocycles. The van der Waals surface area contributed by atoms with E-state index in [1.165, 1.54) is 6.42 Å². The van der Waals surface area contributed by atoms with Gasteiger partial charge in [0.05, 0.1) is 48.9 Å². The largest absolute Gasteiger partial charge is 0.496 e. The Morgan fingerprint density at radius 2 is 1.65 bits per heavy atom. The zero-order valence-corrected chi connectivity index (χ0v) is 31.5. The molecule has 1 unspecified atom stereocenters. The average molecular weight is 739 g/mol. The van der Waals surface area contributed by atoms with E-state index in [2.05, 4.69) is 41.2 Å². The molecule has 266 valence electrons. The van der Waals surface area contributed by atoms with E-state index in [4.69, 9.17) is 24.0 Å². The number of aliphatic hydroxyl groups excluding tert-OH is 1. The quantitative estimate of drug-likeness (QED) is 0.104. The predicted molar refractivity (Wildman–Crippen MR) is 194 cm³/mol. The number of halogens is 1. The zero-order valence-electron chi connectivity index (χ0n) is 29.9. The Morgan fingerprint density at radius 3 is 2.20 bits per heavy atom. The van der Waals surface area contributed by atoms with E-state index in [1.807, 2.05) is 55.8 Å². The molecule has 0 radical (unpaired) electrons. The Balaban J connectivity index is 1.47. The van der Waals surface area contributed by atoms with Crippen LogP contribution in [-0.2, 0) is 4.74 Å². The highest BCUT2D eigenvalue weighted by atomic mass is 79.9. The third-order valence-electron chi connectivity index (χ3n) is 10.7. The van der Waals surface area contributed by atoms with E-state index in [0.29, 0.717) is 41.2 Å². The summed E-state index contributed by atoms with van der Waals surface area (Å²) in [6.45, 7) is 10.7. The molecule has 2 aromatic carbocycles. The van der Waals surface area contributed by atoms with Gasteiger partial charge >= 0.3 is 0 Å². The standard InChI is InChI=1S/C39H52BrN3O6/c1-23(2)29-21-28(48-15-9-14-40)12-13-31(29)43-32(35-33(46-6)10-8-11-34(35)47-7)22-30(42-43)36(44)41-39(37(45)49-38(3,4)5)26-17-24-16-25(19-26)20-27(39)18-24/h8,10-13,21-27,37,45H,9,14-20H2,1-7H3,(H,41,44). The fraction of sp³-hybridized carbons (Fsp3) is 0.590. The minimum Gasteiger partial charge on any atom is -0.496 e. The van der Waals surface area contributed by atoms with Crippen LogP contribution in [0.1, 0.15) is 95.1 Å². The van der Waals surface area contributed by atoms with Gasteiger partial charge in [0.1, 0.15) is 17.2 Å². The first kappa shape index (κ1) is 35.7. The van der Waals surface area contributed by atoms with Crippen molar-refractivity contribution in [3.63, 3.8) is 0 Å². The second-order valence-electron chi connectivity index (χ2n) is 15.4. The third kappa shape index (κ3) is 6.97. The predicted octanol–water partition coefficient (Wildman–Crippen LogP) is 7.90. The van der Waals surface area contributed by atoms with Gasteiger partial charge in [-0.25, -0.2) is 4.68 Å². The van der Waals surface area contributed by atoms with Gasteiger partial charge in [-0.05, 0) is 131 Å². The number of benzene rings is 2. The van der Waals surface area contributed by atoms with Crippen LogP contribution in [0.25, 0.3) is 16.9 Å². The summed E-state index contributed by atoms with van der Waals surface area (Å²) in [7, 11) is 3.25. The molecule has 2 N–H and O–H groups in total. The van der Waals surface area contributed by atoms with E-state index in [-0.39, 0.29) is 29.4 Å². The molecule has 0 spiro atoms. The zero-order chi connectivity index (χ0) is 35.1. The number of rotatable bonds is 13. The molecule has 4 fully saturated rings. The maximum atomic E-state index is 14.6. The van der Waals surface area contributed by atoms with E-state index in [1.54, 1.807) is 20.3 Å². The van der Waals surface area contributed by atoms with E-state index in [9.17, 15) is 9.90 Å². The highest BCUT2D eigenvalue weighted by Crippen LogP contribution is 2.59. The lowest BCUT2D eigenvalue weighted by Gasteiger charge is -2.62. The van der Waals surface area contributed by atoms with Gasteiger partial charge in [0, 0.05) is 5.33 Å². The van der Waals surface area contributed by atoms with Crippen LogP contribution >= 0.6 is 15.9 Å². The van der Waals surface area contributed by atoms with Gasteiger partial charge in [-0.3, -0.25) is 4.79 Å². The van der Waals surface area contributed by atoms with Crippen LogP contribution in [0, 0.1) is 23.7 Å². The first-order valence-electron chi connectivity index (χ1n) is 17.7. The molecule has 7 rings (SSSR count). The molecule has 4 saturated carbocycles. The molecule has 10 heteroatoms. The molecule has 4 aliphatic carbocycles. The molecule has 9 nitrogen and oxygen atoms in total. The number of hydrogen-bond donors (Lipinski definition) is 2. The second-order valence-corrected chi connectivity index (χ2v) is 16.2. The Labute approximate surface area is 299 Å². The van der Waals surface area contributed by atoms with Gasteiger partial charge in [0.15, 0.2) is 12.0 Å². The first-order chi connectivity index (χ1) is 23.4. The lowest BCUT2D eigenvalue weighted by molar-refractivity contribution is -0.251. The summed E-state index contributed by atoms with van der Waals surface area (Å²) in [6.07, 6.45) is 4.94. The first-order valence-corrected chi connectivity index (χ1v) is 18.8. The summed E-state index contributed by atoms with van der Waals surface area (Å²) in [5.74, 6) is 3.31. The van der Waals surface area contributed by atoms with Gasteiger partial charge in [-0.15, -0.1) is 0 Å². The number of carbonyl (C=O) groups excluding carboxylic acids is 1. The minimum atomic E-state index is -1.15. The topological polar surface area (TPSA) is 104 Å². The summed E-state index contributed by atoms with van der Waals surface area (Å²) >= 11 is 3.48. The molecule has 4 bridgehead atoms. The molecule has 4 aliphatic rings. The SMILES string of the molecule is COc1cccc(OC)c1-c1cc(C(=O)NC2(C(O)OC(C)(C)C)C3CC4CC(C3)CC2C4)nn1-c1ccc(OCCCBr)cc1C(C)C. The monoisotopic (exact) mass is 737 g/mol. The molecule has 1 amide bonds. The molecule has 49 heavy (non-hydrogen) atoms. The molecule has 1 atom stereocenters. The van der Waals surface area contributed by atoms with Crippen LogP contribution in [0.4, 0.5) is 0 Å². The number of ether oxygens (including phenoxy) is 4. The smallest absolute Gasteiger partial charge is 0.272 e. The summed E-state index contributed by atoms with van der Waals surface area (Å²) < 4.78 is 25.8. The van der Waals surface area contributed by atoms with E-state index in [0.717, 1.165) is 54.4 Å². The van der Waals surface area contributed by atoms with Gasteiger partial charge in [0.25, 0.3) is 5.91 Å². The number of hydrogen-bond acceptors (Lipinski definition) is 7. The van der Waals surface area contributed by atoms with Crippen molar-refractivity contribution in [2.75, 3.05) is 26.2 Å². The minimum absolute atomic E-state index is 0.129. The highest BCUT2D eigenvalue weighted by Gasteiger charge is 2.62. The second kappa shape index (κ2) is 14.3. The molecule has 3 aromatic rings. The average Bonchev–Trinajstić information content (AvgIpc) is 3.50. The number of carbonyl (C=O) groups is 1. The van der Waals surface area contributed by atoms with Crippen LogP contribution in [0.2, 0.25) is 0 Å². The number of aromatic nitrogens is 2. The fourth-order valence-electron chi connectivity index (χ4n) is 8.81. The lowest BCUT2D eigenvalue weighted by Crippen LogP contribution is -2.72. The highest BCUT2D eigenvalue weighted by molar-refractivity contribution is 9.09. The van der Waals surface area contributed by atoms with Crippen molar-refractivity contribution in [2.45, 2.75) is 96.5 Å². The van der Waals surface area contributed by atoms with E-state index >= 15 is 0 Å². The summed E-state index contributed by atoms with van der Waals surface area (Å²) in [5.41, 5.74) is 1.94. The normalized spacial score (nSPS) is 25.0. The Morgan fingerprint density at radius 1 is 1.02 bits per heavy atom. The fourth-order valence-corrected chi connectivity index (χ4v) is 9.03. The summed E-state index contributed by atoms with van der Waals surface area (Å²) in [6, 6.07) is 13.4. The molecule has 0 saturated heterocycles. The van der Waals surface area contributed by atoms with Crippen LogP contribution in [0.3, 0.4) is 0 Å². The number of nitrogens with one attached hydrogen (secondary N) is 1. The van der Waals surface area contributed by atoms with Gasteiger partial charge in [-0.2, -0.15) is 5.10 Å². The van der Waals surface area contributed by atoms with Crippen molar-refractivity contribution in [3.8, 4) is 34.2 Å². The van der Waals surface area contributed by atoms with Crippen LogP contribution in [0.5, 0.6) is 17.2 Å². The summed E-state index contributed by atoms with van der Waals surface area (Å²) in [4.78, 5) is 14.6. The van der Waals surface area contributed by atoms with Gasteiger partial charge in [0.2, 0.25) is 0 Å². The molecular formula is C39H52BrN3O6. The van der Waals surface area contributed by atoms with Crippen LogP contribution in [0.15, 0.2) is 42.5 Å². The van der Waals surface area contributed by atoms with Crippen molar-refractivity contribution in [1.29, 1.82) is 0 Å². The van der Waals surface area contributed by atoms with Crippen molar-refractivity contribution >= 4 is 21.8 Å². The maximum absolute atomic E-state index is 14.6. The van der Waals surface area contributed by atoms with Crippen LogP contribution < -0.4 is 19.5 Å².